The zero-order valence-corrected chi connectivity index (χ0v) is 16.2. The fraction of sp³-hybridized carbons (Fsp3) is 0.947. The van der Waals surface area contributed by atoms with Gasteiger partial charge >= 0.3 is 0 Å². The van der Waals surface area contributed by atoms with Gasteiger partial charge in [0, 0.05) is 32.7 Å². The number of likely N-dealkylation sites (tertiary alicyclic amines) is 1. The molecule has 2 rings (SSSR count). The van der Waals surface area contributed by atoms with Crippen molar-refractivity contribution in [2.45, 2.75) is 59.0 Å². The Balaban J connectivity index is 1.95. The highest BCUT2D eigenvalue weighted by atomic mass is 16.3. The Labute approximate surface area is 148 Å². The molecule has 2 saturated heterocycles. The summed E-state index contributed by atoms with van der Waals surface area (Å²) in [5.41, 5.74) is -1.12. The number of hydrogen-bond acceptors (Lipinski definition) is 4. The van der Waals surface area contributed by atoms with Crippen LogP contribution in [-0.4, -0.2) is 83.7 Å². The van der Waals surface area contributed by atoms with E-state index in [-0.39, 0.29) is 11.3 Å². The quantitative estimate of drug-likeness (QED) is 0.830. The summed E-state index contributed by atoms with van der Waals surface area (Å²) in [6, 6.07) is 0. The van der Waals surface area contributed by atoms with Gasteiger partial charge in [0.2, 0.25) is 0 Å². The molecule has 0 aromatic rings. The predicted octanol–water partition coefficient (Wildman–Crippen LogP) is 1.80. The molecule has 140 valence electrons. The number of piperidine rings is 1. The van der Waals surface area contributed by atoms with Gasteiger partial charge in [-0.25, -0.2) is 0 Å². The molecule has 2 aliphatic rings. The van der Waals surface area contributed by atoms with Gasteiger partial charge in [-0.2, -0.15) is 0 Å². The van der Waals surface area contributed by atoms with Crippen LogP contribution in [0.3, 0.4) is 0 Å². The number of carbonyl (C=O) groups is 1. The lowest BCUT2D eigenvalue weighted by molar-refractivity contribution is -0.161. The number of rotatable bonds is 5. The maximum atomic E-state index is 12.9. The second-order valence-corrected chi connectivity index (χ2v) is 8.89. The molecule has 2 fully saturated rings. The maximum Gasteiger partial charge on any atom is 0.255 e. The molecule has 5 heteroatoms. The van der Waals surface area contributed by atoms with Gasteiger partial charge in [0.05, 0.1) is 0 Å². The number of amides is 1. The van der Waals surface area contributed by atoms with Crippen molar-refractivity contribution >= 4 is 5.91 Å². The normalized spacial score (nSPS) is 28.2. The minimum Gasteiger partial charge on any atom is -0.379 e. The summed E-state index contributed by atoms with van der Waals surface area (Å²) >= 11 is 0. The Morgan fingerprint density at radius 1 is 1.04 bits per heavy atom. The van der Waals surface area contributed by atoms with E-state index in [9.17, 15) is 9.90 Å². The molecule has 0 aromatic heterocycles. The third-order valence-electron chi connectivity index (χ3n) is 5.08. The summed E-state index contributed by atoms with van der Waals surface area (Å²) in [4.78, 5) is 19.6. The standard InChI is InChI=1S/C19H37N3O2/c1-5-9-20-10-7-11-21(14-13-20)16-19(24)8-6-12-22(17(19)23)15-18(2,3)4/h24H,5-16H2,1-4H3. The molecule has 1 N–H and O–H groups in total. The van der Waals surface area contributed by atoms with Gasteiger partial charge in [-0.3, -0.25) is 9.69 Å². The van der Waals surface area contributed by atoms with Gasteiger partial charge in [0.15, 0.2) is 5.60 Å². The van der Waals surface area contributed by atoms with Gasteiger partial charge in [0.1, 0.15) is 0 Å². The highest BCUT2D eigenvalue weighted by molar-refractivity contribution is 5.86. The Bertz CT molecular complexity index is 421. The number of aliphatic hydroxyl groups is 1. The van der Waals surface area contributed by atoms with Gasteiger partial charge in [-0.15, -0.1) is 0 Å². The molecule has 0 spiro atoms. The average Bonchev–Trinajstić information content (AvgIpc) is 2.69. The predicted molar refractivity (Wildman–Crippen MR) is 98.0 cm³/mol. The molecule has 0 saturated carbocycles. The summed E-state index contributed by atoms with van der Waals surface area (Å²) in [6.07, 6.45) is 3.80. The average molecular weight is 340 g/mol. The summed E-state index contributed by atoms with van der Waals surface area (Å²) in [7, 11) is 0. The SMILES string of the molecule is CCCN1CCCN(CC2(O)CCCN(CC(C)(C)C)C2=O)CC1. The molecule has 0 radical (unpaired) electrons. The Morgan fingerprint density at radius 2 is 1.71 bits per heavy atom. The van der Waals surface area contributed by atoms with Crippen LogP contribution in [0.1, 0.15) is 53.4 Å². The molecule has 1 amide bonds. The minimum absolute atomic E-state index is 0.0571. The molecule has 1 atom stereocenters. The molecular formula is C19H37N3O2. The third-order valence-corrected chi connectivity index (χ3v) is 5.08. The zero-order chi connectivity index (χ0) is 17.8. The molecule has 5 nitrogen and oxygen atoms in total. The van der Waals surface area contributed by atoms with E-state index in [4.69, 9.17) is 0 Å². The van der Waals surface area contributed by atoms with Crippen LogP contribution in [-0.2, 0) is 4.79 Å². The van der Waals surface area contributed by atoms with Crippen molar-refractivity contribution in [3.8, 4) is 0 Å². The van der Waals surface area contributed by atoms with E-state index >= 15 is 0 Å². The van der Waals surface area contributed by atoms with E-state index in [1.807, 2.05) is 4.90 Å². The summed E-state index contributed by atoms with van der Waals surface area (Å²) in [5, 5.41) is 11.1. The van der Waals surface area contributed by atoms with Crippen molar-refractivity contribution in [3.05, 3.63) is 0 Å². The molecular weight excluding hydrogens is 302 g/mol. The maximum absolute atomic E-state index is 12.9. The van der Waals surface area contributed by atoms with Crippen LogP contribution in [0.2, 0.25) is 0 Å². The molecule has 2 aliphatic heterocycles. The fourth-order valence-electron chi connectivity index (χ4n) is 4.03. The molecule has 1 unspecified atom stereocenters. The lowest BCUT2D eigenvalue weighted by atomic mass is 9.88. The first kappa shape index (κ1) is 19.7. The number of nitrogens with zero attached hydrogens (tertiary/aromatic N) is 3. The molecule has 24 heavy (non-hydrogen) atoms. The van der Waals surface area contributed by atoms with Crippen molar-refractivity contribution in [3.63, 3.8) is 0 Å². The highest BCUT2D eigenvalue weighted by Crippen LogP contribution is 2.27. The van der Waals surface area contributed by atoms with E-state index in [0.29, 0.717) is 13.0 Å². The number of β-amino-alcohol motifs (C(OH)–C–C–N with tert-alkyl or cyclic N) is 1. The van der Waals surface area contributed by atoms with Gasteiger partial charge in [0.25, 0.3) is 5.91 Å². The minimum atomic E-state index is -1.19. The smallest absolute Gasteiger partial charge is 0.255 e. The summed E-state index contributed by atoms with van der Waals surface area (Å²) < 4.78 is 0. The number of hydrogen-bond donors (Lipinski definition) is 1. The third kappa shape index (κ3) is 5.43. The van der Waals surface area contributed by atoms with Crippen LogP contribution in [0.4, 0.5) is 0 Å². The van der Waals surface area contributed by atoms with Crippen LogP contribution in [0.5, 0.6) is 0 Å². The second kappa shape index (κ2) is 8.15. The lowest BCUT2D eigenvalue weighted by Gasteiger charge is -2.42. The van der Waals surface area contributed by atoms with E-state index < -0.39 is 5.60 Å². The lowest BCUT2D eigenvalue weighted by Crippen LogP contribution is -2.59. The van der Waals surface area contributed by atoms with Crippen LogP contribution in [0.15, 0.2) is 0 Å². The van der Waals surface area contributed by atoms with Gasteiger partial charge in [-0.1, -0.05) is 27.7 Å². The van der Waals surface area contributed by atoms with Crippen molar-refractivity contribution in [1.82, 2.24) is 14.7 Å². The second-order valence-electron chi connectivity index (χ2n) is 8.89. The van der Waals surface area contributed by atoms with E-state index in [1.54, 1.807) is 0 Å². The largest absolute Gasteiger partial charge is 0.379 e. The van der Waals surface area contributed by atoms with Crippen LogP contribution in [0, 0.1) is 5.41 Å². The van der Waals surface area contributed by atoms with Crippen LogP contribution < -0.4 is 0 Å². The first-order chi connectivity index (χ1) is 11.2. The van der Waals surface area contributed by atoms with Crippen LogP contribution >= 0.6 is 0 Å². The first-order valence-electron chi connectivity index (χ1n) is 9.70. The van der Waals surface area contributed by atoms with E-state index in [0.717, 1.165) is 58.7 Å². The van der Waals surface area contributed by atoms with Crippen LogP contribution in [0.25, 0.3) is 0 Å². The van der Waals surface area contributed by atoms with Crippen molar-refractivity contribution in [1.29, 1.82) is 0 Å². The number of carbonyl (C=O) groups excluding carboxylic acids is 1. The van der Waals surface area contributed by atoms with Gasteiger partial charge < -0.3 is 14.9 Å². The summed E-state index contributed by atoms with van der Waals surface area (Å²) in [6.45, 7) is 15.9. The topological polar surface area (TPSA) is 47.0 Å². The monoisotopic (exact) mass is 339 g/mol. The Morgan fingerprint density at radius 3 is 2.38 bits per heavy atom. The van der Waals surface area contributed by atoms with Crippen molar-refractivity contribution < 1.29 is 9.90 Å². The Kier molecular flexibility index (Phi) is 6.68. The Hall–Kier alpha value is -0.650. The molecule has 0 bridgehead atoms. The van der Waals surface area contributed by atoms with E-state index in [1.165, 1.54) is 6.42 Å². The highest BCUT2D eigenvalue weighted by Gasteiger charge is 2.44. The van der Waals surface area contributed by atoms with E-state index in [2.05, 4.69) is 37.5 Å². The first-order valence-corrected chi connectivity index (χ1v) is 9.70. The molecule has 2 heterocycles. The summed E-state index contributed by atoms with van der Waals surface area (Å²) in [5.74, 6) is -0.0571. The zero-order valence-electron chi connectivity index (χ0n) is 16.2. The fourth-order valence-corrected chi connectivity index (χ4v) is 4.03. The van der Waals surface area contributed by atoms with Crippen molar-refractivity contribution in [2.24, 2.45) is 5.41 Å². The molecule has 0 aliphatic carbocycles. The van der Waals surface area contributed by atoms with Gasteiger partial charge in [-0.05, 0) is 50.7 Å². The molecule has 0 aromatic carbocycles. The van der Waals surface area contributed by atoms with Crippen molar-refractivity contribution in [2.75, 3.05) is 52.4 Å².